The topological polar surface area (TPSA) is 46.2 Å². The first-order valence-corrected chi connectivity index (χ1v) is 19.2. The van der Waals surface area contributed by atoms with Gasteiger partial charge in [-0.25, -0.2) is 0 Å². The summed E-state index contributed by atoms with van der Waals surface area (Å²) in [7, 11) is -4.46. The van der Waals surface area contributed by atoms with Crippen molar-refractivity contribution in [2.45, 2.75) is 143 Å². The molecule has 1 aliphatic heterocycles. The average Bonchev–Trinajstić information content (AvgIpc) is 2.86. The number of hydrogen-bond acceptors (Lipinski definition) is 5. The first kappa shape index (κ1) is 31.4. The summed E-state index contributed by atoms with van der Waals surface area (Å²) in [6.07, 6.45) is -0.176. The molecule has 0 aliphatic carbocycles. The highest BCUT2D eigenvalue weighted by atomic mass is 28.4. The lowest BCUT2D eigenvalue weighted by atomic mass is 9.79. The standard InChI is InChI=1S/C28H53BO5Si2/c1-20(21(2)31-35(13,14)25(3,4)5)30-23-17-22(29-33-27(9,10)28(11,12)34-29)18-24(19-23)32-36(15,16)26(6,7)8/h17-21H,1-16H3/t20-,21+/m0/s1. The molecule has 36 heavy (non-hydrogen) atoms. The molecule has 1 aliphatic rings. The summed E-state index contributed by atoms with van der Waals surface area (Å²) >= 11 is 0. The van der Waals surface area contributed by atoms with Crippen LogP contribution < -0.4 is 14.6 Å². The van der Waals surface area contributed by atoms with Gasteiger partial charge in [-0.1, -0.05) is 41.5 Å². The van der Waals surface area contributed by atoms with E-state index >= 15 is 0 Å². The maximum Gasteiger partial charge on any atom is 0.495 e. The number of hydrogen-bond donors (Lipinski definition) is 0. The number of ether oxygens (including phenoxy) is 1. The van der Waals surface area contributed by atoms with Gasteiger partial charge in [0.1, 0.15) is 17.6 Å². The molecule has 8 heteroatoms. The highest BCUT2D eigenvalue weighted by molar-refractivity contribution is 6.75. The first-order valence-electron chi connectivity index (χ1n) is 13.4. The molecule has 1 heterocycles. The molecule has 0 aromatic heterocycles. The first-order chi connectivity index (χ1) is 15.9. The van der Waals surface area contributed by atoms with Gasteiger partial charge in [-0.3, -0.25) is 0 Å². The molecule has 5 nitrogen and oxygen atoms in total. The third-order valence-electron chi connectivity index (χ3n) is 8.88. The van der Waals surface area contributed by atoms with E-state index in [1.807, 2.05) is 12.1 Å². The largest absolute Gasteiger partial charge is 0.543 e. The Hall–Kier alpha value is -0.801. The monoisotopic (exact) mass is 536 g/mol. The summed E-state index contributed by atoms with van der Waals surface area (Å²) in [4.78, 5) is 0. The van der Waals surface area contributed by atoms with E-state index in [4.69, 9.17) is 22.9 Å². The van der Waals surface area contributed by atoms with Gasteiger partial charge in [0.05, 0.1) is 17.3 Å². The second-order valence-corrected chi connectivity index (χ2v) is 24.1. The quantitative estimate of drug-likeness (QED) is 0.321. The van der Waals surface area contributed by atoms with E-state index in [1.54, 1.807) is 0 Å². The third-order valence-corrected chi connectivity index (χ3v) is 17.8. The van der Waals surface area contributed by atoms with Crippen LogP contribution in [0.25, 0.3) is 0 Å². The van der Waals surface area contributed by atoms with Gasteiger partial charge in [0.2, 0.25) is 8.32 Å². The number of rotatable bonds is 8. The van der Waals surface area contributed by atoms with Crippen molar-refractivity contribution >= 4 is 29.2 Å². The van der Waals surface area contributed by atoms with E-state index in [-0.39, 0.29) is 22.3 Å². The van der Waals surface area contributed by atoms with Crippen LogP contribution in [0, 0.1) is 0 Å². The normalized spacial score (nSPS) is 20.3. The van der Waals surface area contributed by atoms with Crippen molar-refractivity contribution in [2.24, 2.45) is 0 Å². The summed E-state index contributed by atoms with van der Waals surface area (Å²) in [6.45, 7) is 35.1. The fraction of sp³-hybridized carbons (Fsp3) is 0.786. The minimum atomic E-state index is -2.06. The van der Waals surface area contributed by atoms with Crippen molar-refractivity contribution in [1.29, 1.82) is 0 Å². The van der Waals surface area contributed by atoms with Crippen LogP contribution in [0.3, 0.4) is 0 Å². The van der Waals surface area contributed by atoms with E-state index in [1.165, 1.54) is 0 Å². The molecule has 0 N–H and O–H groups in total. The second-order valence-electron chi connectivity index (χ2n) is 14.6. The summed E-state index contributed by atoms with van der Waals surface area (Å²) in [5, 5.41) is 0.217. The van der Waals surface area contributed by atoms with Crippen molar-refractivity contribution in [3.8, 4) is 11.5 Å². The predicted molar refractivity (Wildman–Crippen MR) is 158 cm³/mol. The maximum absolute atomic E-state index is 6.70. The molecule has 0 amide bonds. The van der Waals surface area contributed by atoms with E-state index in [2.05, 4.69) is 115 Å². The van der Waals surface area contributed by atoms with Gasteiger partial charge >= 0.3 is 7.12 Å². The molecule has 0 bridgehead atoms. The lowest BCUT2D eigenvalue weighted by Crippen LogP contribution is -2.46. The maximum atomic E-state index is 6.70. The van der Waals surface area contributed by atoms with Gasteiger partial charge in [-0.2, -0.15) is 0 Å². The SMILES string of the molecule is C[C@H](Oc1cc(O[Si](C)(C)C(C)(C)C)cc(B2OC(C)(C)C(C)(C)O2)c1)[C@@H](C)O[Si](C)(C)C(C)(C)C. The Bertz CT molecular complexity index is 899. The summed E-state index contributed by atoms with van der Waals surface area (Å²) in [6, 6.07) is 6.08. The van der Waals surface area contributed by atoms with Gasteiger partial charge in [0.25, 0.3) is 0 Å². The lowest BCUT2D eigenvalue weighted by Gasteiger charge is -2.39. The molecule has 206 valence electrons. The van der Waals surface area contributed by atoms with E-state index in [9.17, 15) is 0 Å². The molecule has 1 aromatic rings. The third kappa shape index (κ3) is 6.98. The van der Waals surface area contributed by atoms with Gasteiger partial charge < -0.3 is 22.9 Å². The zero-order valence-electron chi connectivity index (χ0n) is 26.0. The van der Waals surface area contributed by atoms with Crippen LogP contribution in [0.15, 0.2) is 18.2 Å². The molecule has 1 aromatic carbocycles. The van der Waals surface area contributed by atoms with E-state index in [0.29, 0.717) is 0 Å². The lowest BCUT2D eigenvalue weighted by molar-refractivity contribution is 0.00578. The van der Waals surface area contributed by atoms with Crippen molar-refractivity contribution in [3.05, 3.63) is 18.2 Å². The van der Waals surface area contributed by atoms with Crippen LogP contribution in [-0.4, -0.2) is 47.2 Å². The van der Waals surface area contributed by atoms with Crippen LogP contribution in [0.4, 0.5) is 0 Å². The Labute approximate surface area is 224 Å². The highest BCUT2D eigenvalue weighted by Crippen LogP contribution is 2.40. The smallest absolute Gasteiger partial charge is 0.495 e. The number of benzene rings is 1. The van der Waals surface area contributed by atoms with Crippen LogP contribution >= 0.6 is 0 Å². The Morgan fingerprint density at radius 3 is 1.61 bits per heavy atom. The summed E-state index contributed by atoms with van der Waals surface area (Å²) in [5.74, 6) is 1.54. The Kier molecular flexibility index (Phi) is 8.78. The zero-order valence-corrected chi connectivity index (χ0v) is 28.0. The molecule has 1 saturated heterocycles. The van der Waals surface area contributed by atoms with Crippen LogP contribution in [0.2, 0.25) is 36.3 Å². The van der Waals surface area contributed by atoms with Gasteiger partial charge in [0.15, 0.2) is 8.32 Å². The average molecular weight is 537 g/mol. The van der Waals surface area contributed by atoms with Gasteiger partial charge in [-0.15, -0.1) is 0 Å². The fourth-order valence-corrected chi connectivity index (χ4v) is 5.82. The Morgan fingerprint density at radius 1 is 0.722 bits per heavy atom. The molecule has 0 radical (unpaired) electrons. The second kappa shape index (κ2) is 10.1. The van der Waals surface area contributed by atoms with E-state index < -0.39 is 35.0 Å². The zero-order chi connectivity index (χ0) is 28.1. The molecule has 0 unspecified atom stereocenters. The van der Waals surface area contributed by atoms with Crippen molar-refractivity contribution in [1.82, 2.24) is 0 Å². The molecule has 2 rings (SSSR count). The molecule has 0 saturated carbocycles. The van der Waals surface area contributed by atoms with Crippen LogP contribution in [-0.2, 0) is 13.7 Å². The van der Waals surface area contributed by atoms with Gasteiger partial charge in [0, 0.05) is 6.07 Å². The van der Waals surface area contributed by atoms with Crippen molar-refractivity contribution in [2.75, 3.05) is 0 Å². The molecule has 2 atom stereocenters. The fourth-order valence-electron chi connectivity index (χ4n) is 3.33. The minimum Gasteiger partial charge on any atom is -0.543 e. The minimum absolute atomic E-state index is 0.0452. The molecule has 1 fully saturated rings. The summed E-state index contributed by atoms with van der Waals surface area (Å²) in [5.41, 5.74) is 0.0618. The van der Waals surface area contributed by atoms with Crippen molar-refractivity contribution < 1.29 is 22.9 Å². The van der Waals surface area contributed by atoms with Crippen LogP contribution in [0.1, 0.15) is 83.1 Å². The van der Waals surface area contributed by atoms with E-state index in [0.717, 1.165) is 17.0 Å². The molecule has 0 spiro atoms. The highest BCUT2D eigenvalue weighted by Gasteiger charge is 2.52. The molecular formula is C28H53BO5Si2. The summed E-state index contributed by atoms with van der Waals surface area (Å²) < 4.78 is 32.6. The molecular weight excluding hydrogens is 483 g/mol. The van der Waals surface area contributed by atoms with Gasteiger partial charge in [-0.05, 0) is 95.4 Å². The predicted octanol–water partition coefficient (Wildman–Crippen LogP) is 7.55. The van der Waals surface area contributed by atoms with Crippen LogP contribution in [0.5, 0.6) is 11.5 Å². The Morgan fingerprint density at radius 2 is 1.17 bits per heavy atom. The Balaban J connectivity index is 2.39. The van der Waals surface area contributed by atoms with Crippen molar-refractivity contribution in [3.63, 3.8) is 0 Å².